The molecule has 1 aliphatic carbocycles. The molecule has 6 nitrogen and oxygen atoms in total. The van der Waals surface area contributed by atoms with E-state index in [1.54, 1.807) is 0 Å². The van der Waals surface area contributed by atoms with Crippen LogP contribution in [0.3, 0.4) is 0 Å². The number of rotatable bonds is 2. The Morgan fingerprint density at radius 2 is 2.05 bits per heavy atom. The van der Waals surface area contributed by atoms with E-state index >= 15 is 0 Å². The molecule has 1 N–H and O–H groups in total. The molecule has 2 aliphatic heterocycles. The molecule has 3 heterocycles. The third kappa shape index (κ3) is 2.11. The van der Waals surface area contributed by atoms with Crippen molar-refractivity contribution in [2.24, 2.45) is 11.8 Å². The maximum absolute atomic E-state index is 5.56. The van der Waals surface area contributed by atoms with Gasteiger partial charge in [0.2, 0.25) is 5.89 Å². The first-order chi connectivity index (χ1) is 9.81. The van der Waals surface area contributed by atoms with Crippen LogP contribution in [0.1, 0.15) is 31.2 Å². The number of piperazine rings is 1. The van der Waals surface area contributed by atoms with Crippen molar-refractivity contribution < 1.29 is 4.52 Å². The molecule has 3 atom stereocenters. The minimum Gasteiger partial charge on any atom is -0.336 e. The summed E-state index contributed by atoms with van der Waals surface area (Å²) in [4.78, 5) is 9.23. The Morgan fingerprint density at radius 3 is 2.90 bits per heavy atom. The van der Waals surface area contributed by atoms with Crippen LogP contribution in [0.2, 0.25) is 0 Å². The zero-order valence-corrected chi connectivity index (χ0v) is 12.1. The highest BCUT2D eigenvalue weighted by molar-refractivity contribution is 5.29. The number of nitrogens with zero attached hydrogens (tertiary/aromatic N) is 4. The summed E-state index contributed by atoms with van der Waals surface area (Å²) < 4.78 is 5.56. The average Bonchev–Trinajstić information content (AvgIpc) is 3.15. The van der Waals surface area contributed by atoms with Crippen LogP contribution >= 0.6 is 0 Å². The fourth-order valence-electron chi connectivity index (χ4n) is 3.95. The monoisotopic (exact) mass is 277 g/mol. The van der Waals surface area contributed by atoms with Crippen molar-refractivity contribution in [2.45, 2.75) is 25.3 Å². The smallest absolute Gasteiger partial charge is 0.266 e. The number of aromatic nitrogens is 2. The second-order valence-corrected chi connectivity index (χ2v) is 6.46. The molecule has 0 aromatic carbocycles. The van der Waals surface area contributed by atoms with Gasteiger partial charge in [-0.2, -0.15) is 4.98 Å². The molecule has 4 rings (SSSR count). The standard InChI is InChI=1S/C14H23N5O/c1-18-5-7-19(8-6-18)14-16-13(20-17-14)12-11-4-2-3-10(11)9-15-12/h10-12,15H,2-9H2,1H3. The largest absolute Gasteiger partial charge is 0.336 e. The Morgan fingerprint density at radius 1 is 1.20 bits per heavy atom. The quantitative estimate of drug-likeness (QED) is 0.866. The Bertz CT molecular complexity index is 468. The van der Waals surface area contributed by atoms with E-state index in [0.29, 0.717) is 5.92 Å². The summed E-state index contributed by atoms with van der Waals surface area (Å²) >= 11 is 0. The van der Waals surface area contributed by atoms with E-state index in [9.17, 15) is 0 Å². The van der Waals surface area contributed by atoms with Crippen LogP contribution in [-0.2, 0) is 0 Å². The van der Waals surface area contributed by atoms with Gasteiger partial charge in [-0.05, 0) is 43.4 Å². The van der Waals surface area contributed by atoms with Crippen molar-refractivity contribution in [2.75, 3.05) is 44.7 Å². The van der Waals surface area contributed by atoms with Crippen LogP contribution in [0.4, 0.5) is 5.95 Å². The van der Waals surface area contributed by atoms with E-state index in [-0.39, 0.29) is 6.04 Å². The van der Waals surface area contributed by atoms with Gasteiger partial charge in [0.1, 0.15) is 0 Å². The number of fused-ring (bicyclic) bond motifs is 1. The Kier molecular flexibility index (Phi) is 3.15. The second-order valence-electron chi connectivity index (χ2n) is 6.46. The third-order valence-electron chi connectivity index (χ3n) is 5.23. The van der Waals surface area contributed by atoms with Gasteiger partial charge >= 0.3 is 0 Å². The topological polar surface area (TPSA) is 57.4 Å². The zero-order valence-electron chi connectivity index (χ0n) is 12.1. The number of nitrogens with one attached hydrogen (secondary N) is 1. The lowest BCUT2D eigenvalue weighted by atomic mass is 9.94. The van der Waals surface area contributed by atoms with Crippen LogP contribution < -0.4 is 10.2 Å². The molecule has 3 aliphatic rings. The zero-order chi connectivity index (χ0) is 13.5. The minimum absolute atomic E-state index is 0.288. The van der Waals surface area contributed by atoms with E-state index in [1.165, 1.54) is 19.3 Å². The summed E-state index contributed by atoms with van der Waals surface area (Å²) in [5.74, 6) is 3.10. The maximum Gasteiger partial charge on any atom is 0.266 e. The fourth-order valence-corrected chi connectivity index (χ4v) is 3.95. The van der Waals surface area contributed by atoms with Crippen molar-refractivity contribution in [1.29, 1.82) is 0 Å². The predicted octanol–water partition coefficient (Wildman–Crippen LogP) is 0.882. The van der Waals surface area contributed by atoms with E-state index in [4.69, 9.17) is 4.52 Å². The first-order valence-corrected chi connectivity index (χ1v) is 7.82. The Balaban J connectivity index is 1.48. The van der Waals surface area contributed by atoms with Crippen LogP contribution in [0.25, 0.3) is 0 Å². The lowest BCUT2D eigenvalue weighted by molar-refractivity contribution is 0.297. The first-order valence-electron chi connectivity index (χ1n) is 7.82. The van der Waals surface area contributed by atoms with Crippen molar-refractivity contribution in [1.82, 2.24) is 20.4 Å². The lowest BCUT2D eigenvalue weighted by Gasteiger charge is -2.31. The highest BCUT2D eigenvalue weighted by Crippen LogP contribution is 2.44. The van der Waals surface area contributed by atoms with Gasteiger partial charge in [0, 0.05) is 26.2 Å². The number of likely N-dealkylation sites (N-methyl/N-ethyl adjacent to an activating group) is 1. The maximum atomic E-state index is 5.56. The predicted molar refractivity (Wildman–Crippen MR) is 75.6 cm³/mol. The van der Waals surface area contributed by atoms with Gasteiger partial charge < -0.3 is 19.6 Å². The highest BCUT2D eigenvalue weighted by Gasteiger charge is 2.42. The van der Waals surface area contributed by atoms with Gasteiger partial charge in [0.05, 0.1) is 6.04 Å². The molecule has 3 fully saturated rings. The molecule has 0 spiro atoms. The molecule has 6 heteroatoms. The Labute approximate surface area is 119 Å². The molecule has 2 saturated heterocycles. The third-order valence-corrected chi connectivity index (χ3v) is 5.23. The highest BCUT2D eigenvalue weighted by atomic mass is 16.5. The molecule has 110 valence electrons. The van der Waals surface area contributed by atoms with Crippen molar-refractivity contribution in [3.63, 3.8) is 0 Å². The summed E-state index contributed by atoms with van der Waals surface area (Å²) in [5, 5.41) is 7.78. The molecule has 3 unspecified atom stereocenters. The molecule has 1 saturated carbocycles. The van der Waals surface area contributed by atoms with Gasteiger partial charge in [-0.1, -0.05) is 6.42 Å². The SMILES string of the molecule is CN1CCN(c2noc(C3NCC4CCCC43)n2)CC1. The first kappa shape index (κ1) is 12.6. The molecule has 0 amide bonds. The van der Waals surface area contributed by atoms with E-state index in [2.05, 4.69) is 32.3 Å². The normalized spacial score (nSPS) is 34.6. The summed E-state index contributed by atoms with van der Waals surface area (Å²) in [6, 6.07) is 0.288. The molecular formula is C14H23N5O. The summed E-state index contributed by atoms with van der Waals surface area (Å²) in [6.45, 7) is 5.22. The van der Waals surface area contributed by atoms with Crippen molar-refractivity contribution in [3.8, 4) is 0 Å². The van der Waals surface area contributed by atoms with E-state index in [0.717, 1.165) is 50.5 Å². The van der Waals surface area contributed by atoms with Gasteiger partial charge in [0.25, 0.3) is 5.95 Å². The molecule has 0 bridgehead atoms. The summed E-state index contributed by atoms with van der Waals surface area (Å²) in [7, 11) is 2.15. The van der Waals surface area contributed by atoms with E-state index < -0.39 is 0 Å². The van der Waals surface area contributed by atoms with Gasteiger partial charge in [-0.3, -0.25) is 0 Å². The van der Waals surface area contributed by atoms with Crippen LogP contribution in [-0.4, -0.2) is 54.8 Å². The van der Waals surface area contributed by atoms with E-state index in [1.807, 2.05) is 0 Å². The molecule has 1 aromatic rings. The fraction of sp³-hybridized carbons (Fsp3) is 0.857. The molecular weight excluding hydrogens is 254 g/mol. The molecule has 1 aromatic heterocycles. The minimum atomic E-state index is 0.288. The van der Waals surface area contributed by atoms with Gasteiger partial charge in [-0.25, -0.2) is 0 Å². The van der Waals surface area contributed by atoms with Gasteiger partial charge in [-0.15, -0.1) is 0 Å². The summed E-state index contributed by atoms with van der Waals surface area (Å²) in [5.41, 5.74) is 0. The second kappa shape index (κ2) is 5.00. The number of hydrogen-bond donors (Lipinski definition) is 1. The average molecular weight is 277 g/mol. The van der Waals surface area contributed by atoms with Gasteiger partial charge in [0.15, 0.2) is 0 Å². The van der Waals surface area contributed by atoms with Crippen LogP contribution in [0.5, 0.6) is 0 Å². The summed E-state index contributed by atoms with van der Waals surface area (Å²) in [6.07, 6.45) is 4.01. The number of anilines is 1. The lowest BCUT2D eigenvalue weighted by Crippen LogP contribution is -2.44. The Hall–Kier alpha value is -1.14. The van der Waals surface area contributed by atoms with Crippen molar-refractivity contribution in [3.05, 3.63) is 5.89 Å². The van der Waals surface area contributed by atoms with Crippen LogP contribution in [0, 0.1) is 11.8 Å². The van der Waals surface area contributed by atoms with Crippen LogP contribution in [0.15, 0.2) is 4.52 Å². The van der Waals surface area contributed by atoms with Crippen molar-refractivity contribution >= 4 is 5.95 Å². The number of hydrogen-bond acceptors (Lipinski definition) is 6. The molecule has 20 heavy (non-hydrogen) atoms. The molecule has 0 radical (unpaired) electrons.